The Balaban J connectivity index is 1.08. The fourth-order valence-electron chi connectivity index (χ4n) is 9.88. The minimum absolute atomic E-state index is 0.000143. The van der Waals surface area contributed by atoms with Crippen LogP contribution in [-0.2, 0) is 59.0 Å². The van der Waals surface area contributed by atoms with Gasteiger partial charge >= 0.3 is 0 Å². The summed E-state index contributed by atoms with van der Waals surface area (Å²) in [5.74, 6) is -3.14. The van der Waals surface area contributed by atoms with E-state index < -0.39 is 69.3 Å². The number of amides is 2. The average molecular weight is 1470 g/mol. The maximum absolute atomic E-state index is 13.8. The lowest BCUT2D eigenvalue weighted by Gasteiger charge is -2.27. The van der Waals surface area contributed by atoms with Crippen molar-refractivity contribution in [2.45, 2.75) is 56.5 Å². The van der Waals surface area contributed by atoms with Crippen LogP contribution in [0.5, 0.6) is 0 Å². The number of ether oxygens (including phenoxy) is 2. The van der Waals surface area contributed by atoms with Gasteiger partial charge in [0.2, 0.25) is 22.2 Å². The van der Waals surface area contributed by atoms with E-state index in [2.05, 4.69) is 61.5 Å². The summed E-state index contributed by atoms with van der Waals surface area (Å²) in [7, 11) is -13.7. The highest BCUT2D eigenvalue weighted by molar-refractivity contribution is 8.00. The number of carbonyl (C=O) groups is 4. The van der Waals surface area contributed by atoms with Crippen LogP contribution in [0.25, 0.3) is 12.2 Å². The minimum Gasteiger partial charge on any atom is -0.378 e. The van der Waals surface area contributed by atoms with Gasteiger partial charge in [0.15, 0.2) is 16.7 Å². The molecule has 9 rings (SSSR count). The molecular formula is C61H69N17O15S6. The summed E-state index contributed by atoms with van der Waals surface area (Å²) in [4.78, 5) is 85.4. The third kappa shape index (κ3) is 20.3. The third-order valence-electron chi connectivity index (χ3n) is 14.8. The third-order valence-corrected chi connectivity index (χ3v) is 20.1. The van der Waals surface area contributed by atoms with Crippen molar-refractivity contribution < 1.29 is 67.6 Å². The van der Waals surface area contributed by atoms with Crippen molar-refractivity contribution in [1.82, 2.24) is 24.9 Å². The van der Waals surface area contributed by atoms with Gasteiger partial charge < -0.3 is 50.3 Å². The molecule has 2 amide bonds. The van der Waals surface area contributed by atoms with E-state index >= 15 is 0 Å². The number of hydrogen-bond acceptors (Lipinski definition) is 30. The molecule has 5 heterocycles. The van der Waals surface area contributed by atoms with Crippen LogP contribution >= 0.6 is 34.4 Å². The fourth-order valence-corrected chi connectivity index (χ4v) is 14.3. The zero-order valence-electron chi connectivity index (χ0n) is 54.1. The van der Waals surface area contributed by atoms with Crippen molar-refractivity contribution >= 4 is 180 Å². The number of morpholine rings is 2. The first-order valence-corrected chi connectivity index (χ1v) is 37.7. The number of thioether (sulfide) groups is 1. The summed E-state index contributed by atoms with van der Waals surface area (Å²) >= 11 is 2.97. The SMILES string of the molecule is CCN(CC)c1ccc(N=Nc2nc(N3CCOCC3)c(/C=C(/C(C)=O)C(=O)Nc3cccc(S(=O)(=O)O)c3)s2)c(Nc2nc(Nc3cc(N(CC)CC)ccc3N=Nc3nc(N4CCOCC4)c(/C=C(\C(C)=O)C(=O)Nc4cccc(S(=O)(=O)O)c4)s3)nc(SCCS(=O)(=O)O)n2)c1. The first-order valence-electron chi connectivity index (χ1n) is 30.6. The van der Waals surface area contributed by atoms with Gasteiger partial charge in [0, 0.05) is 80.9 Å². The zero-order chi connectivity index (χ0) is 71.2. The van der Waals surface area contributed by atoms with Gasteiger partial charge in [-0.3, -0.25) is 32.8 Å². The second-order valence-corrected chi connectivity index (χ2v) is 29.0. The van der Waals surface area contributed by atoms with Crippen LogP contribution in [-0.4, -0.2) is 178 Å². The van der Waals surface area contributed by atoms with Crippen LogP contribution in [0.3, 0.4) is 0 Å². The number of aromatic nitrogens is 5. The Morgan fingerprint density at radius 3 is 1.33 bits per heavy atom. The molecule has 99 heavy (non-hydrogen) atoms. The number of anilines is 10. The molecule has 2 aliphatic heterocycles. The van der Waals surface area contributed by atoms with E-state index in [1.807, 2.05) is 61.8 Å². The van der Waals surface area contributed by atoms with Crippen molar-refractivity contribution in [2.24, 2.45) is 20.5 Å². The van der Waals surface area contributed by atoms with E-state index in [0.717, 1.165) is 70.1 Å². The quantitative estimate of drug-likeness (QED) is 0.00549. The molecule has 7 aromatic rings. The highest BCUT2D eigenvalue weighted by Crippen LogP contribution is 2.41. The maximum Gasteiger partial charge on any atom is 0.294 e. The van der Waals surface area contributed by atoms with Crippen LogP contribution in [0.15, 0.2) is 131 Å². The number of benzene rings is 4. The number of nitrogens with zero attached hydrogens (tertiary/aromatic N) is 13. The number of hydrogen-bond donors (Lipinski definition) is 7. The number of Topliss-reactive ketones (excluding diaryl/α,β-unsaturated/α-hetero) is 2. The highest BCUT2D eigenvalue weighted by atomic mass is 32.2. The lowest BCUT2D eigenvalue weighted by atomic mass is 10.1. The van der Waals surface area contributed by atoms with Gasteiger partial charge in [-0.15, -0.1) is 20.5 Å². The molecule has 2 saturated heterocycles. The molecule has 0 aliphatic carbocycles. The Morgan fingerprint density at radius 2 is 0.970 bits per heavy atom. The summed E-state index contributed by atoms with van der Waals surface area (Å²) in [6, 6.07) is 20.5. The summed E-state index contributed by atoms with van der Waals surface area (Å²) in [6.07, 6.45) is 2.73. The predicted octanol–water partition coefficient (Wildman–Crippen LogP) is 10.2. The monoisotopic (exact) mass is 1470 g/mol. The Bertz CT molecular complexity index is 4380. The van der Waals surface area contributed by atoms with Gasteiger partial charge in [0.25, 0.3) is 42.2 Å². The molecule has 0 saturated carbocycles. The molecule has 0 unspecified atom stereocenters. The number of thiazole rings is 2. The van der Waals surface area contributed by atoms with E-state index in [0.29, 0.717) is 112 Å². The first kappa shape index (κ1) is 74.1. The molecule has 4 aromatic carbocycles. The predicted molar refractivity (Wildman–Crippen MR) is 379 cm³/mol. The molecule has 524 valence electrons. The smallest absolute Gasteiger partial charge is 0.294 e. The fraction of sp³-hybridized carbons (Fsp3) is 0.328. The number of carbonyl (C=O) groups excluding carboxylic acids is 4. The highest BCUT2D eigenvalue weighted by Gasteiger charge is 2.27. The van der Waals surface area contributed by atoms with Crippen molar-refractivity contribution in [3.63, 3.8) is 0 Å². The molecule has 3 aromatic heterocycles. The molecule has 2 fully saturated rings. The van der Waals surface area contributed by atoms with Crippen LogP contribution in [0.1, 0.15) is 51.3 Å². The Hall–Kier alpha value is -9.09. The van der Waals surface area contributed by atoms with Crippen molar-refractivity contribution in [1.29, 1.82) is 0 Å². The standard InChI is InChI=1S/C61H69N17O15S6/c1-7-75(8-2)41-17-19-47(71-73-60-66-53(77-21-25-92-26-22-77)51(95-60)35-45(37(5)79)55(81)62-39-13-11-15-43(31-39)98(86,87)88)49(33-41)64-57-68-58(70-59(69-57)94-29-30-97(83,84)85)65-50-34-42(76(9-3)10-4)18-20-48(50)72-74-61-67-54(78-23-27-93-28-24-78)52(96-61)36-46(38(6)80)56(82)63-40-14-12-16-44(32-40)99(89,90)91/h11-20,31-36H,7-10,21-30H2,1-6H3,(H,62,81)(H,63,82)(H,83,84,85)(H,86,87,88)(H,89,90,91)(H2,64,65,68,69,70)/b45-35-,46-36+,73-71?,74-72?. The van der Waals surface area contributed by atoms with Gasteiger partial charge in [0.05, 0.1) is 74.2 Å². The summed E-state index contributed by atoms with van der Waals surface area (Å²) < 4.78 is 112. The average Bonchev–Trinajstić information content (AvgIpc) is 1.78. The van der Waals surface area contributed by atoms with Gasteiger partial charge in [-0.1, -0.05) is 46.6 Å². The number of rotatable bonds is 30. The zero-order valence-corrected chi connectivity index (χ0v) is 59.0. The molecule has 0 radical (unpaired) electrons. The van der Waals surface area contributed by atoms with E-state index in [4.69, 9.17) is 24.4 Å². The Morgan fingerprint density at radius 1 is 0.566 bits per heavy atom. The van der Waals surface area contributed by atoms with Crippen molar-refractivity contribution in [3.05, 3.63) is 106 Å². The molecule has 7 N–H and O–H groups in total. The molecule has 32 nitrogen and oxygen atoms in total. The topological polar surface area (TPSA) is 425 Å². The molecule has 0 spiro atoms. The van der Waals surface area contributed by atoms with Crippen molar-refractivity contribution in [2.75, 3.05) is 131 Å². The minimum atomic E-state index is -4.62. The summed E-state index contributed by atoms with van der Waals surface area (Å²) in [5, 5.41) is 30.3. The van der Waals surface area contributed by atoms with Crippen LogP contribution in [0.2, 0.25) is 0 Å². The molecular weight excluding hydrogens is 1400 g/mol. The second-order valence-electron chi connectivity index (χ2n) is 21.5. The lowest BCUT2D eigenvalue weighted by molar-refractivity contribution is -0.120. The van der Waals surface area contributed by atoms with Gasteiger partial charge in [0.1, 0.15) is 23.0 Å². The summed E-state index contributed by atoms with van der Waals surface area (Å²) in [5.41, 5.74) is 2.12. The molecule has 2 aliphatic rings. The number of azo groups is 2. The number of nitrogens with one attached hydrogen (secondary N) is 4. The van der Waals surface area contributed by atoms with Gasteiger partial charge in [-0.25, -0.2) is 0 Å². The van der Waals surface area contributed by atoms with Crippen molar-refractivity contribution in [3.8, 4) is 0 Å². The Kier molecular flexibility index (Phi) is 24.8. The number of ketones is 2. The van der Waals surface area contributed by atoms with Gasteiger partial charge in [-0.05, 0) is 126 Å². The van der Waals surface area contributed by atoms with E-state index in [1.54, 1.807) is 12.1 Å². The van der Waals surface area contributed by atoms with Gasteiger partial charge in [-0.2, -0.15) is 50.2 Å². The van der Waals surface area contributed by atoms with Crippen LogP contribution < -0.4 is 40.9 Å². The summed E-state index contributed by atoms with van der Waals surface area (Å²) in [6.45, 7) is 15.9. The van der Waals surface area contributed by atoms with E-state index in [1.165, 1.54) is 50.3 Å². The molecule has 0 bridgehead atoms. The molecule has 0 atom stereocenters. The van der Waals surface area contributed by atoms with E-state index in [9.17, 15) is 58.1 Å². The largest absolute Gasteiger partial charge is 0.378 e. The lowest BCUT2D eigenvalue weighted by Crippen LogP contribution is -2.36. The molecule has 38 heteroatoms. The normalized spacial score (nSPS) is 14.2. The second kappa shape index (κ2) is 33.2. The first-order chi connectivity index (χ1) is 47.2. The van der Waals surface area contributed by atoms with Crippen LogP contribution in [0, 0.1) is 0 Å². The van der Waals surface area contributed by atoms with E-state index in [-0.39, 0.29) is 67.0 Å². The Labute approximate surface area is 582 Å². The van der Waals surface area contributed by atoms with Crippen LogP contribution in [0.4, 0.5) is 79.3 Å². The maximum atomic E-state index is 13.8.